The molecule has 0 radical (unpaired) electrons. The maximum atomic E-state index is 11.7. The topological polar surface area (TPSA) is 88.1 Å². The molecule has 2 rings (SSSR count). The van der Waals surface area contributed by atoms with Gasteiger partial charge in [0.25, 0.3) is 0 Å². The van der Waals surface area contributed by atoms with Gasteiger partial charge >= 0.3 is 0 Å². The molecule has 1 N–H and O–H groups in total. The molecule has 0 saturated carbocycles. The van der Waals surface area contributed by atoms with E-state index in [9.17, 15) is 8.42 Å². The first-order chi connectivity index (χ1) is 9.07. The van der Waals surface area contributed by atoms with Crippen molar-refractivity contribution in [2.24, 2.45) is 0 Å². The summed E-state index contributed by atoms with van der Waals surface area (Å²) in [7, 11) is -3.11. The van der Waals surface area contributed by atoms with E-state index in [1.807, 2.05) is 0 Å². The fourth-order valence-electron chi connectivity index (χ4n) is 2.38. The van der Waals surface area contributed by atoms with E-state index in [-0.39, 0.29) is 6.04 Å². The van der Waals surface area contributed by atoms with Gasteiger partial charge in [0.15, 0.2) is 0 Å². The Labute approximate surface area is 113 Å². The minimum Gasteiger partial charge on any atom is -0.354 e. The largest absolute Gasteiger partial charge is 0.354 e. The monoisotopic (exact) mass is 285 g/mol. The van der Waals surface area contributed by atoms with Crippen molar-refractivity contribution in [3.05, 3.63) is 12.7 Å². The van der Waals surface area contributed by atoms with Gasteiger partial charge in [-0.3, -0.25) is 0 Å². The number of nitrogens with one attached hydrogen (secondary N) is 1. The van der Waals surface area contributed by atoms with E-state index < -0.39 is 10.0 Å². The van der Waals surface area contributed by atoms with Crippen LogP contribution in [0.5, 0.6) is 0 Å². The summed E-state index contributed by atoms with van der Waals surface area (Å²) < 4.78 is 25.0. The Morgan fingerprint density at radius 3 is 2.79 bits per heavy atom. The average molecular weight is 285 g/mol. The average Bonchev–Trinajstić information content (AvgIpc) is 2.39. The van der Waals surface area contributed by atoms with E-state index in [1.54, 1.807) is 4.31 Å². The van der Waals surface area contributed by atoms with Crippen molar-refractivity contribution >= 4 is 16.0 Å². The number of anilines is 1. The summed E-state index contributed by atoms with van der Waals surface area (Å²) in [5.41, 5.74) is 0. The molecule has 0 bridgehead atoms. The predicted molar refractivity (Wildman–Crippen MR) is 72.1 cm³/mol. The molecule has 1 aliphatic heterocycles. The number of rotatable bonds is 5. The van der Waals surface area contributed by atoms with Crippen LogP contribution >= 0.6 is 0 Å². The van der Waals surface area contributed by atoms with Crippen LogP contribution < -0.4 is 5.32 Å². The van der Waals surface area contributed by atoms with Crippen LogP contribution in [-0.4, -0.2) is 53.1 Å². The van der Waals surface area contributed by atoms with Crippen molar-refractivity contribution in [1.82, 2.24) is 19.3 Å². The van der Waals surface area contributed by atoms with Crippen LogP contribution in [-0.2, 0) is 10.0 Å². The summed E-state index contributed by atoms with van der Waals surface area (Å²) in [6.45, 7) is 1.29. The van der Waals surface area contributed by atoms with Gasteiger partial charge in [0.05, 0.1) is 6.26 Å². The molecular formula is C11H19N5O2S. The first-order valence-corrected chi connectivity index (χ1v) is 8.25. The standard InChI is InChI=1S/C11H19N5O2S/c1-19(17,18)16-7-3-2-4-10(16)5-6-13-11-14-8-12-9-15-11/h8-10H,2-7H2,1H3,(H,12,13,14,15)/t10-/m1/s1. The van der Waals surface area contributed by atoms with Crippen molar-refractivity contribution in [3.63, 3.8) is 0 Å². The van der Waals surface area contributed by atoms with Crippen molar-refractivity contribution in [2.75, 3.05) is 24.7 Å². The van der Waals surface area contributed by atoms with Gasteiger partial charge in [0.2, 0.25) is 16.0 Å². The quantitative estimate of drug-likeness (QED) is 0.847. The molecule has 1 aromatic rings. The first kappa shape index (κ1) is 14.1. The van der Waals surface area contributed by atoms with E-state index in [0.29, 0.717) is 19.0 Å². The molecule has 1 fully saturated rings. The zero-order valence-corrected chi connectivity index (χ0v) is 11.8. The summed E-state index contributed by atoms with van der Waals surface area (Å²) in [5, 5.41) is 3.08. The van der Waals surface area contributed by atoms with Crippen LogP contribution in [0.1, 0.15) is 25.7 Å². The Hall–Kier alpha value is -1.28. The smallest absolute Gasteiger partial charge is 0.225 e. The van der Waals surface area contributed by atoms with Gasteiger partial charge in [-0.2, -0.15) is 4.31 Å². The third-order valence-corrected chi connectivity index (χ3v) is 4.59. The molecule has 0 spiro atoms. The molecular weight excluding hydrogens is 266 g/mol. The lowest BCUT2D eigenvalue weighted by atomic mass is 10.0. The maximum Gasteiger partial charge on any atom is 0.225 e. The fourth-order valence-corrected chi connectivity index (χ4v) is 3.59. The van der Waals surface area contributed by atoms with E-state index in [4.69, 9.17) is 0 Å². The highest BCUT2D eigenvalue weighted by Gasteiger charge is 2.28. The summed E-state index contributed by atoms with van der Waals surface area (Å²) in [6, 6.07) is 0.0816. The highest BCUT2D eigenvalue weighted by Crippen LogP contribution is 2.22. The molecule has 19 heavy (non-hydrogen) atoms. The van der Waals surface area contributed by atoms with Gasteiger partial charge in [-0.25, -0.2) is 23.4 Å². The Balaban J connectivity index is 1.87. The molecule has 7 nitrogen and oxygen atoms in total. The van der Waals surface area contributed by atoms with Crippen LogP contribution in [0.4, 0.5) is 5.95 Å². The van der Waals surface area contributed by atoms with Crippen molar-refractivity contribution in [2.45, 2.75) is 31.7 Å². The Morgan fingerprint density at radius 2 is 2.11 bits per heavy atom. The molecule has 1 aliphatic rings. The highest BCUT2D eigenvalue weighted by atomic mass is 32.2. The number of hydrogen-bond donors (Lipinski definition) is 1. The van der Waals surface area contributed by atoms with Gasteiger partial charge in [0, 0.05) is 19.1 Å². The molecule has 0 aromatic carbocycles. The SMILES string of the molecule is CS(=O)(=O)N1CCCC[C@@H]1CCNc1ncncn1. The van der Waals surface area contributed by atoms with Gasteiger partial charge < -0.3 is 5.32 Å². The van der Waals surface area contributed by atoms with Crippen molar-refractivity contribution in [1.29, 1.82) is 0 Å². The fraction of sp³-hybridized carbons (Fsp3) is 0.727. The van der Waals surface area contributed by atoms with Crippen LogP contribution in [0, 0.1) is 0 Å². The van der Waals surface area contributed by atoms with Gasteiger partial charge in [-0.15, -0.1) is 0 Å². The Morgan fingerprint density at radius 1 is 1.37 bits per heavy atom. The molecule has 0 unspecified atom stereocenters. The number of piperidine rings is 1. The Bertz CT molecular complexity index is 493. The third kappa shape index (κ3) is 4.10. The normalized spacial score (nSPS) is 21.2. The van der Waals surface area contributed by atoms with Gasteiger partial charge in [0.1, 0.15) is 12.7 Å². The molecule has 1 atom stereocenters. The van der Waals surface area contributed by atoms with E-state index in [0.717, 1.165) is 25.7 Å². The summed E-state index contributed by atoms with van der Waals surface area (Å²) in [6.07, 6.45) is 7.86. The molecule has 106 valence electrons. The number of sulfonamides is 1. The van der Waals surface area contributed by atoms with Gasteiger partial charge in [-0.05, 0) is 19.3 Å². The minimum atomic E-state index is -3.11. The lowest BCUT2D eigenvalue weighted by Crippen LogP contribution is -2.43. The maximum absolute atomic E-state index is 11.7. The highest BCUT2D eigenvalue weighted by molar-refractivity contribution is 7.88. The zero-order valence-electron chi connectivity index (χ0n) is 11.0. The first-order valence-electron chi connectivity index (χ1n) is 6.40. The molecule has 1 saturated heterocycles. The van der Waals surface area contributed by atoms with Gasteiger partial charge in [-0.1, -0.05) is 6.42 Å². The van der Waals surface area contributed by atoms with E-state index >= 15 is 0 Å². The number of aromatic nitrogens is 3. The van der Waals surface area contributed by atoms with Crippen molar-refractivity contribution < 1.29 is 8.42 Å². The predicted octanol–water partition coefficient (Wildman–Crippen LogP) is 0.488. The minimum absolute atomic E-state index is 0.0816. The Kier molecular flexibility index (Phi) is 4.65. The van der Waals surface area contributed by atoms with E-state index in [1.165, 1.54) is 18.9 Å². The van der Waals surface area contributed by atoms with E-state index in [2.05, 4.69) is 20.3 Å². The van der Waals surface area contributed by atoms with Crippen LogP contribution in [0.2, 0.25) is 0 Å². The molecule has 0 aliphatic carbocycles. The van der Waals surface area contributed by atoms with Crippen molar-refractivity contribution in [3.8, 4) is 0 Å². The summed E-state index contributed by atoms with van der Waals surface area (Å²) in [5.74, 6) is 0.525. The molecule has 2 heterocycles. The second-order valence-corrected chi connectivity index (χ2v) is 6.64. The number of nitrogens with zero attached hydrogens (tertiary/aromatic N) is 4. The van der Waals surface area contributed by atoms with Crippen LogP contribution in [0.25, 0.3) is 0 Å². The summed E-state index contributed by atoms with van der Waals surface area (Å²) in [4.78, 5) is 11.7. The molecule has 1 aromatic heterocycles. The third-order valence-electron chi connectivity index (χ3n) is 3.25. The lowest BCUT2D eigenvalue weighted by Gasteiger charge is -2.33. The molecule has 8 heteroatoms. The zero-order chi connectivity index (χ0) is 13.7. The van der Waals surface area contributed by atoms with Crippen LogP contribution in [0.3, 0.4) is 0 Å². The molecule has 0 amide bonds. The second kappa shape index (κ2) is 6.25. The summed E-state index contributed by atoms with van der Waals surface area (Å²) >= 11 is 0. The number of hydrogen-bond acceptors (Lipinski definition) is 6. The second-order valence-electron chi connectivity index (χ2n) is 4.70. The lowest BCUT2D eigenvalue weighted by molar-refractivity contribution is 0.246. The van der Waals surface area contributed by atoms with Crippen LogP contribution in [0.15, 0.2) is 12.7 Å².